The lowest BCUT2D eigenvalue weighted by Gasteiger charge is -2.27. The third-order valence-corrected chi connectivity index (χ3v) is 5.00. The maximum absolute atomic E-state index is 4.54. The zero-order chi connectivity index (χ0) is 17.9. The minimum Gasteiger partial charge on any atom is -0.343 e. The molecule has 1 aromatic carbocycles. The number of rotatable bonds is 5. The predicted octanol–water partition coefficient (Wildman–Crippen LogP) is 4.05. The molecule has 1 aliphatic heterocycles. The van der Waals surface area contributed by atoms with Crippen LogP contribution in [0.15, 0.2) is 55.3 Å². The first-order chi connectivity index (χ1) is 12.7. The second-order valence-electron chi connectivity index (χ2n) is 7.09. The Labute approximate surface area is 154 Å². The molecule has 0 unspecified atom stereocenters. The number of imidazole rings is 1. The number of benzene rings is 1. The van der Waals surface area contributed by atoms with Crippen LogP contribution in [0.5, 0.6) is 0 Å². The molecule has 0 bridgehead atoms. The van der Waals surface area contributed by atoms with Crippen molar-refractivity contribution in [3.05, 3.63) is 55.3 Å². The van der Waals surface area contributed by atoms with Gasteiger partial charge < -0.3 is 9.88 Å². The van der Waals surface area contributed by atoms with Crippen LogP contribution in [-0.4, -0.2) is 39.1 Å². The van der Waals surface area contributed by atoms with E-state index in [4.69, 9.17) is 0 Å². The van der Waals surface area contributed by atoms with Crippen LogP contribution in [0, 0.1) is 0 Å². The number of piperidine rings is 1. The first-order valence-corrected chi connectivity index (χ1v) is 9.23. The molecule has 1 N–H and O–H groups in total. The van der Waals surface area contributed by atoms with Crippen molar-refractivity contribution in [3.8, 4) is 11.3 Å². The number of aryl methyl sites for hydroxylation is 1. The number of nitrogens with zero attached hydrogens (tertiary/aromatic N) is 4. The average Bonchev–Trinajstić information content (AvgIpc) is 3.08. The average molecular weight is 347 g/mol. The Balaban J connectivity index is 1.52. The van der Waals surface area contributed by atoms with Gasteiger partial charge in [-0.1, -0.05) is 25.1 Å². The fourth-order valence-electron chi connectivity index (χ4n) is 3.61. The van der Waals surface area contributed by atoms with Gasteiger partial charge in [-0.25, -0.2) is 9.97 Å². The molecule has 5 nitrogen and oxygen atoms in total. The van der Waals surface area contributed by atoms with Crippen LogP contribution in [0.2, 0.25) is 0 Å². The third-order valence-electron chi connectivity index (χ3n) is 5.00. The third kappa shape index (κ3) is 3.63. The van der Waals surface area contributed by atoms with Crippen molar-refractivity contribution in [2.45, 2.75) is 19.3 Å². The molecule has 1 saturated heterocycles. The quantitative estimate of drug-likeness (QED) is 0.756. The van der Waals surface area contributed by atoms with Gasteiger partial charge in [0.1, 0.15) is 5.82 Å². The molecular formula is C21H25N5. The molecule has 0 amide bonds. The number of hydrogen-bond acceptors (Lipinski definition) is 4. The van der Waals surface area contributed by atoms with Crippen LogP contribution in [0.25, 0.3) is 22.0 Å². The van der Waals surface area contributed by atoms with E-state index in [1.165, 1.54) is 32.4 Å². The SMILES string of the molecule is C=C(CN1CCCCC1)Nc1cc2cc(-c3cncn3C)ccc2cn1. The molecule has 26 heavy (non-hydrogen) atoms. The second-order valence-corrected chi connectivity index (χ2v) is 7.09. The lowest BCUT2D eigenvalue weighted by Crippen LogP contribution is -2.32. The minimum absolute atomic E-state index is 0.849. The van der Waals surface area contributed by atoms with Gasteiger partial charge in [0.2, 0.25) is 0 Å². The van der Waals surface area contributed by atoms with Crippen molar-refractivity contribution in [2.24, 2.45) is 7.05 Å². The molecule has 3 heterocycles. The maximum atomic E-state index is 4.54. The number of anilines is 1. The van der Waals surface area contributed by atoms with Gasteiger partial charge in [0.25, 0.3) is 0 Å². The fraction of sp³-hybridized carbons (Fsp3) is 0.333. The smallest absolute Gasteiger partial charge is 0.130 e. The lowest BCUT2D eigenvalue weighted by molar-refractivity contribution is 0.247. The Kier molecular flexibility index (Phi) is 4.71. The van der Waals surface area contributed by atoms with Gasteiger partial charge in [0, 0.05) is 36.4 Å². The Bertz CT molecular complexity index is 921. The Morgan fingerprint density at radius 1 is 1.12 bits per heavy atom. The van der Waals surface area contributed by atoms with E-state index in [1.807, 2.05) is 30.3 Å². The molecule has 2 aromatic heterocycles. The van der Waals surface area contributed by atoms with E-state index in [0.717, 1.165) is 40.1 Å². The van der Waals surface area contributed by atoms with E-state index in [2.05, 4.69) is 51.0 Å². The highest BCUT2D eigenvalue weighted by Gasteiger charge is 2.11. The van der Waals surface area contributed by atoms with Crippen LogP contribution < -0.4 is 5.32 Å². The fourth-order valence-corrected chi connectivity index (χ4v) is 3.61. The van der Waals surface area contributed by atoms with Crippen LogP contribution in [0.3, 0.4) is 0 Å². The lowest BCUT2D eigenvalue weighted by atomic mass is 10.1. The largest absolute Gasteiger partial charge is 0.343 e. The minimum atomic E-state index is 0.849. The Hall–Kier alpha value is -2.66. The van der Waals surface area contributed by atoms with Crippen molar-refractivity contribution >= 4 is 16.6 Å². The molecule has 1 fully saturated rings. The van der Waals surface area contributed by atoms with E-state index >= 15 is 0 Å². The number of fused-ring (bicyclic) bond motifs is 1. The zero-order valence-electron chi connectivity index (χ0n) is 15.3. The van der Waals surface area contributed by atoms with Gasteiger partial charge in [0.15, 0.2) is 0 Å². The van der Waals surface area contributed by atoms with Crippen molar-refractivity contribution in [1.82, 2.24) is 19.4 Å². The number of likely N-dealkylation sites (tertiary alicyclic amines) is 1. The van der Waals surface area contributed by atoms with E-state index in [9.17, 15) is 0 Å². The summed E-state index contributed by atoms with van der Waals surface area (Å²) in [6.07, 6.45) is 9.56. The van der Waals surface area contributed by atoms with Crippen LogP contribution in [0.4, 0.5) is 5.82 Å². The monoisotopic (exact) mass is 347 g/mol. The summed E-state index contributed by atoms with van der Waals surface area (Å²) in [5.74, 6) is 0.849. The standard InChI is InChI=1S/C21H25N5/c1-16(14-26-8-4-3-5-9-26)24-21-11-19-10-17(6-7-18(19)12-23-21)20-13-22-15-25(20)2/h6-7,10-13,15H,1,3-5,8-9,14H2,2H3,(H,23,24). The van der Waals surface area contributed by atoms with Crippen molar-refractivity contribution in [3.63, 3.8) is 0 Å². The Morgan fingerprint density at radius 3 is 2.73 bits per heavy atom. The van der Waals surface area contributed by atoms with E-state index < -0.39 is 0 Å². The normalized spacial score (nSPS) is 15.3. The molecule has 0 saturated carbocycles. The maximum Gasteiger partial charge on any atom is 0.130 e. The van der Waals surface area contributed by atoms with Gasteiger partial charge in [-0.15, -0.1) is 0 Å². The number of nitrogens with one attached hydrogen (secondary N) is 1. The van der Waals surface area contributed by atoms with Gasteiger partial charge in [0.05, 0.1) is 18.2 Å². The summed E-state index contributed by atoms with van der Waals surface area (Å²) < 4.78 is 2.03. The van der Waals surface area contributed by atoms with Crippen LogP contribution >= 0.6 is 0 Å². The highest BCUT2D eigenvalue weighted by Crippen LogP contribution is 2.25. The molecule has 0 atom stereocenters. The molecule has 1 aliphatic rings. The van der Waals surface area contributed by atoms with Gasteiger partial charge in [-0.2, -0.15) is 0 Å². The Morgan fingerprint density at radius 2 is 1.96 bits per heavy atom. The number of aromatic nitrogens is 3. The summed E-state index contributed by atoms with van der Waals surface area (Å²) in [6, 6.07) is 8.50. The molecule has 4 rings (SSSR count). The topological polar surface area (TPSA) is 46.0 Å². The number of pyridine rings is 1. The van der Waals surface area contributed by atoms with Crippen molar-refractivity contribution in [2.75, 3.05) is 25.0 Å². The van der Waals surface area contributed by atoms with Gasteiger partial charge >= 0.3 is 0 Å². The van der Waals surface area contributed by atoms with E-state index in [0.29, 0.717) is 0 Å². The highest BCUT2D eigenvalue weighted by molar-refractivity contribution is 5.88. The van der Waals surface area contributed by atoms with Crippen LogP contribution in [-0.2, 0) is 7.05 Å². The first-order valence-electron chi connectivity index (χ1n) is 9.23. The zero-order valence-corrected chi connectivity index (χ0v) is 15.3. The summed E-state index contributed by atoms with van der Waals surface area (Å²) in [5.41, 5.74) is 3.26. The van der Waals surface area contributed by atoms with Gasteiger partial charge in [-0.05, 0) is 43.5 Å². The van der Waals surface area contributed by atoms with E-state index in [1.54, 1.807) is 0 Å². The summed E-state index contributed by atoms with van der Waals surface area (Å²) in [4.78, 5) is 11.2. The van der Waals surface area contributed by atoms with Gasteiger partial charge in [-0.3, -0.25) is 4.90 Å². The molecule has 0 radical (unpaired) electrons. The molecule has 3 aromatic rings. The number of hydrogen-bond donors (Lipinski definition) is 1. The first kappa shape index (κ1) is 16.8. The van der Waals surface area contributed by atoms with Crippen LogP contribution in [0.1, 0.15) is 19.3 Å². The second kappa shape index (κ2) is 7.30. The summed E-state index contributed by atoms with van der Waals surface area (Å²) in [7, 11) is 2.01. The summed E-state index contributed by atoms with van der Waals surface area (Å²) in [6.45, 7) is 7.41. The predicted molar refractivity (Wildman–Crippen MR) is 107 cm³/mol. The molecule has 0 aliphatic carbocycles. The molecule has 5 heteroatoms. The van der Waals surface area contributed by atoms with Crippen molar-refractivity contribution < 1.29 is 0 Å². The molecule has 134 valence electrons. The van der Waals surface area contributed by atoms with E-state index in [-0.39, 0.29) is 0 Å². The molecular weight excluding hydrogens is 322 g/mol. The van der Waals surface area contributed by atoms with Crippen molar-refractivity contribution in [1.29, 1.82) is 0 Å². The summed E-state index contributed by atoms with van der Waals surface area (Å²) >= 11 is 0. The summed E-state index contributed by atoms with van der Waals surface area (Å²) in [5, 5.41) is 5.67. The molecule has 0 spiro atoms. The highest BCUT2D eigenvalue weighted by atomic mass is 15.2.